The molecule has 1 unspecified atom stereocenters. The Morgan fingerprint density at radius 2 is 2.00 bits per heavy atom. The fourth-order valence-electron chi connectivity index (χ4n) is 3.32. The molecule has 136 valence electrons. The summed E-state index contributed by atoms with van der Waals surface area (Å²) >= 11 is 0. The molecule has 1 saturated heterocycles. The van der Waals surface area contributed by atoms with E-state index in [0.717, 1.165) is 5.56 Å². The van der Waals surface area contributed by atoms with Crippen LogP contribution >= 0.6 is 0 Å². The number of hydrogen-bond donors (Lipinski definition) is 1. The maximum absolute atomic E-state index is 13.3. The van der Waals surface area contributed by atoms with Crippen LogP contribution in [-0.2, 0) is 11.3 Å². The average molecular weight is 364 g/mol. The summed E-state index contributed by atoms with van der Waals surface area (Å²) < 4.78 is 13.3. The largest absolute Gasteiger partial charge is 0.347 e. The molecular formula is C20H17FN4O2. The average Bonchev–Trinajstić information content (AvgIpc) is 3.00. The van der Waals surface area contributed by atoms with Crippen LogP contribution in [0.1, 0.15) is 22.3 Å². The van der Waals surface area contributed by atoms with Gasteiger partial charge < -0.3 is 10.2 Å². The molecule has 6 nitrogen and oxygen atoms in total. The highest BCUT2D eigenvalue weighted by molar-refractivity contribution is 6.04. The predicted octanol–water partition coefficient (Wildman–Crippen LogP) is 2.30. The van der Waals surface area contributed by atoms with Crippen molar-refractivity contribution in [2.45, 2.75) is 19.0 Å². The van der Waals surface area contributed by atoms with Crippen LogP contribution in [0, 0.1) is 5.82 Å². The quantitative estimate of drug-likeness (QED) is 0.771. The fraction of sp³-hybridized carbons (Fsp3) is 0.200. The number of para-hydroxylation sites is 1. The highest BCUT2D eigenvalue weighted by Crippen LogP contribution is 2.18. The highest BCUT2D eigenvalue weighted by Gasteiger charge is 2.31. The molecule has 0 spiro atoms. The van der Waals surface area contributed by atoms with E-state index in [9.17, 15) is 14.0 Å². The SMILES string of the molecule is O=C(NC1CC(=O)N(Cc2cccc(F)c2)C1)c1cccc2nccnc12. The van der Waals surface area contributed by atoms with E-state index < -0.39 is 0 Å². The third-order valence-corrected chi connectivity index (χ3v) is 4.56. The Balaban J connectivity index is 1.45. The Hall–Kier alpha value is -3.35. The van der Waals surface area contributed by atoms with Crippen LogP contribution in [0.5, 0.6) is 0 Å². The maximum atomic E-state index is 13.3. The van der Waals surface area contributed by atoms with Gasteiger partial charge in [-0.2, -0.15) is 0 Å². The molecule has 2 heterocycles. The van der Waals surface area contributed by atoms with Gasteiger partial charge in [0.25, 0.3) is 5.91 Å². The van der Waals surface area contributed by atoms with E-state index >= 15 is 0 Å². The lowest BCUT2D eigenvalue weighted by molar-refractivity contribution is -0.128. The second-order valence-electron chi connectivity index (χ2n) is 6.51. The van der Waals surface area contributed by atoms with E-state index in [1.54, 1.807) is 47.6 Å². The highest BCUT2D eigenvalue weighted by atomic mass is 19.1. The van der Waals surface area contributed by atoms with E-state index in [0.29, 0.717) is 29.7 Å². The molecular weight excluding hydrogens is 347 g/mol. The fourth-order valence-corrected chi connectivity index (χ4v) is 3.32. The summed E-state index contributed by atoms with van der Waals surface area (Å²) in [7, 11) is 0. The first kappa shape index (κ1) is 17.1. The second kappa shape index (κ2) is 7.11. The summed E-state index contributed by atoms with van der Waals surface area (Å²) in [6.45, 7) is 0.709. The molecule has 1 atom stereocenters. The summed E-state index contributed by atoms with van der Waals surface area (Å²) in [5, 5.41) is 2.90. The molecule has 3 aromatic rings. The minimum absolute atomic E-state index is 0.0673. The van der Waals surface area contributed by atoms with Crippen molar-refractivity contribution in [2.75, 3.05) is 6.54 Å². The van der Waals surface area contributed by atoms with Crippen molar-refractivity contribution in [2.24, 2.45) is 0 Å². The summed E-state index contributed by atoms with van der Waals surface area (Å²) in [4.78, 5) is 35.0. The van der Waals surface area contributed by atoms with Gasteiger partial charge in [0.05, 0.1) is 17.1 Å². The molecule has 2 aromatic carbocycles. The number of benzene rings is 2. The molecule has 0 aliphatic carbocycles. The molecule has 1 aliphatic rings. The first-order valence-electron chi connectivity index (χ1n) is 8.63. The Morgan fingerprint density at radius 1 is 1.19 bits per heavy atom. The molecule has 0 bridgehead atoms. The van der Waals surface area contributed by atoms with Gasteiger partial charge in [0.1, 0.15) is 11.3 Å². The third-order valence-electron chi connectivity index (χ3n) is 4.56. The standard InChI is InChI=1S/C20H17FN4O2/c21-14-4-1-3-13(9-14)11-25-12-15(10-18(25)26)24-20(27)16-5-2-6-17-19(16)23-8-7-22-17/h1-9,15H,10-12H2,(H,24,27). The number of fused-ring (bicyclic) bond motifs is 1. The molecule has 0 saturated carbocycles. The van der Waals surface area contributed by atoms with Gasteiger partial charge in [0, 0.05) is 31.9 Å². The molecule has 1 N–H and O–H groups in total. The topological polar surface area (TPSA) is 75.2 Å². The van der Waals surface area contributed by atoms with Gasteiger partial charge in [0.2, 0.25) is 5.91 Å². The number of nitrogens with zero attached hydrogens (tertiary/aromatic N) is 3. The van der Waals surface area contributed by atoms with Crippen LogP contribution < -0.4 is 5.32 Å². The molecule has 1 fully saturated rings. The summed E-state index contributed by atoms with van der Waals surface area (Å²) in [5.41, 5.74) is 2.31. The van der Waals surface area contributed by atoms with Gasteiger partial charge in [-0.15, -0.1) is 0 Å². The Bertz CT molecular complexity index is 1020. The van der Waals surface area contributed by atoms with Gasteiger partial charge in [-0.1, -0.05) is 18.2 Å². The number of amides is 2. The first-order chi connectivity index (χ1) is 13.1. The number of halogens is 1. The Labute approximate surface area is 155 Å². The number of hydrogen-bond acceptors (Lipinski definition) is 4. The van der Waals surface area contributed by atoms with Crippen LogP contribution in [-0.4, -0.2) is 39.3 Å². The van der Waals surface area contributed by atoms with Gasteiger partial charge >= 0.3 is 0 Å². The summed E-state index contributed by atoms with van der Waals surface area (Å²) in [6, 6.07) is 11.1. The van der Waals surface area contributed by atoms with Gasteiger partial charge in [0.15, 0.2) is 0 Å². The molecule has 27 heavy (non-hydrogen) atoms. The van der Waals surface area contributed by atoms with Gasteiger partial charge in [-0.05, 0) is 29.8 Å². The van der Waals surface area contributed by atoms with E-state index in [4.69, 9.17) is 0 Å². The van der Waals surface area contributed by atoms with Crippen LogP contribution in [0.4, 0.5) is 4.39 Å². The van der Waals surface area contributed by atoms with E-state index in [1.807, 2.05) is 0 Å². The third kappa shape index (κ3) is 3.62. The first-order valence-corrected chi connectivity index (χ1v) is 8.63. The van der Waals surface area contributed by atoms with Crippen LogP contribution in [0.25, 0.3) is 11.0 Å². The zero-order chi connectivity index (χ0) is 18.8. The number of carbonyl (C=O) groups excluding carboxylic acids is 2. The smallest absolute Gasteiger partial charge is 0.253 e. The molecule has 7 heteroatoms. The monoisotopic (exact) mass is 364 g/mol. The van der Waals surface area contributed by atoms with E-state index in [1.165, 1.54) is 12.1 Å². The van der Waals surface area contributed by atoms with E-state index in [2.05, 4.69) is 15.3 Å². The van der Waals surface area contributed by atoms with Crippen LogP contribution in [0.15, 0.2) is 54.9 Å². The normalized spacial score (nSPS) is 16.7. The maximum Gasteiger partial charge on any atom is 0.253 e. The number of aromatic nitrogens is 2. The zero-order valence-electron chi connectivity index (χ0n) is 14.4. The lowest BCUT2D eigenvalue weighted by Gasteiger charge is -2.17. The van der Waals surface area contributed by atoms with Gasteiger partial charge in [-0.3, -0.25) is 19.6 Å². The zero-order valence-corrected chi connectivity index (χ0v) is 14.4. The van der Waals surface area contributed by atoms with Crippen molar-refractivity contribution in [3.63, 3.8) is 0 Å². The molecule has 1 aromatic heterocycles. The lowest BCUT2D eigenvalue weighted by Crippen LogP contribution is -2.37. The predicted molar refractivity (Wildman–Crippen MR) is 97.2 cm³/mol. The van der Waals surface area contributed by atoms with Crippen molar-refractivity contribution in [1.29, 1.82) is 0 Å². The summed E-state index contributed by atoms with van der Waals surface area (Å²) in [5.74, 6) is -0.685. The van der Waals surface area contributed by atoms with Crippen molar-refractivity contribution >= 4 is 22.8 Å². The molecule has 1 aliphatic heterocycles. The summed E-state index contributed by atoms with van der Waals surface area (Å²) in [6.07, 6.45) is 3.33. The molecule has 4 rings (SSSR count). The van der Waals surface area contributed by atoms with Crippen molar-refractivity contribution < 1.29 is 14.0 Å². The Morgan fingerprint density at radius 3 is 2.85 bits per heavy atom. The van der Waals surface area contributed by atoms with E-state index in [-0.39, 0.29) is 30.1 Å². The second-order valence-corrected chi connectivity index (χ2v) is 6.51. The number of rotatable bonds is 4. The van der Waals surface area contributed by atoms with Crippen molar-refractivity contribution in [3.8, 4) is 0 Å². The minimum atomic E-state index is -0.332. The van der Waals surface area contributed by atoms with Gasteiger partial charge in [-0.25, -0.2) is 4.39 Å². The Kier molecular flexibility index (Phi) is 4.50. The number of carbonyl (C=O) groups is 2. The molecule has 0 radical (unpaired) electrons. The van der Waals surface area contributed by atoms with Crippen LogP contribution in [0.2, 0.25) is 0 Å². The molecule has 2 amide bonds. The minimum Gasteiger partial charge on any atom is -0.347 e. The lowest BCUT2D eigenvalue weighted by atomic mass is 10.1. The number of likely N-dealkylation sites (tertiary alicyclic amines) is 1. The number of nitrogens with one attached hydrogen (secondary N) is 1. The van der Waals surface area contributed by atoms with Crippen molar-refractivity contribution in [1.82, 2.24) is 20.2 Å². The van der Waals surface area contributed by atoms with Crippen molar-refractivity contribution in [3.05, 3.63) is 71.8 Å². The van der Waals surface area contributed by atoms with Crippen LogP contribution in [0.3, 0.4) is 0 Å².